The Balaban J connectivity index is 0.00000112. The van der Waals surface area contributed by atoms with Gasteiger partial charge in [0, 0.05) is 31.5 Å². The van der Waals surface area contributed by atoms with Gasteiger partial charge in [0.2, 0.25) is 0 Å². The maximum atomic E-state index is 5.62. The van der Waals surface area contributed by atoms with Gasteiger partial charge >= 0.3 is 0 Å². The molecule has 0 aliphatic rings. The third kappa shape index (κ3) is 2.95. The second kappa shape index (κ2) is 6.48. The van der Waals surface area contributed by atoms with Gasteiger partial charge in [-0.1, -0.05) is 6.07 Å². The van der Waals surface area contributed by atoms with Crippen LogP contribution in [0, 0.1) is 0 Å². The van der Waals surface area contributed by atoms with Crippen LogP contribution in [-0.4, -0.2) is 14.8 Å². The molecule has 88 valence electrons. The Morgan fingerprint density at radius 1 is 1.31 bits per heavy atom. The van der Waals surface area contributed by atoms with Crippen LogP contribution in [0.3, 0.4) is 0 Å². The van der Waals surface area contributed by atoms with Crippen LogP contribution in [0.25, 0.3) is 11.4 Å². The van der Waals surface area contributed by atoms with Gasteiger partial charge in [-0.15, -0.1) is 24.8 Å². The number of hydrogen-bond donors (Lipinski definition) is 1. The normalized spacial score (nSPS) is 9.12. The average molecular weight is 261 g/mol. The number of nitrogens with two attached hydrogens (primary N) is 1. The molecule has 0 atom stereocenters. The van der Waals surface area contributed by atoms with E-state index in [0.29, 0.717) is 6.54 Å². The first-order valence-corrected chi connectivity index (χ1v) is 4.45. The molecule has 2 aromatic heterocycles. The topological polar surface area (TPSA) is 56.7 Å². The van der Waals surface area contributed by atoms with E-state index in [1.807, 2.05) is 31.4 Å². The lowest BCUT2D eigenvalue weighted by Crippen LogP contribution is -1.97. The largest absolute Gasteiger partial charge is 0.326 e. The van der Waals surface area contributed by atoms with Gasteiger partial charge in [-0.2, -0.15) is 5.10 Å². The van der Waals surface area contributed by atoms with Gasteiger partial charge in [0.15, 0.2) is 0 Å². The highest BCUT2D eigenvalue weighted by Gasteiger charge is 2.08. The zero-order valence-corrected chi connectivity index (χ0v) is 10.5. The molecule has 0 aliphatic heterocycles. The van der Waals surface area contributed by atoms with E-state index in [0.717, 1.165) is 17.0 Å². The lowest BCUT2D eigenvalue weighted by molar-refractivity contribution is 0.769. The van der Waals surface area contributed by atoms with Crippen molar-refractivity contribution in [1.29, 1.82) is 0 Å². The van der Waals surface area contributed by atoms with Crippen LogP contribution in [0.15, 0.2) is 30.6 Å². The number of aromatic nitrogens is 3. The van der Waals surface area contributed by atoms with Crippen molar-refractivity contribution in [3.05, 3.63) is 36.2 Å². The van der Waals surface area contributed by atoms with Crippen LogP contribution >= 0.6 is 24.8 Å². The standard InChI is InChI=1S/C10H12N4.2ClH/c1-14-7-8(6-11)10(13-14)9-4-2-3-5-12-9;;/h2-5,7H,6,11H2,1H3;2*1H. The summed E-state index contributed by atoms with van der Waals surface area (Å²) in [6, 6.07) is 5.76. The Morgan fingerprint density at radius 3 is 2.62 bits per heavy atom. The van der Waals surface area contributed by atoms with E-state index in [1.54, 1.807) is 10.9 Å². The van der Waals surface area contributed by atoms with E-state index in [2.05, 4.69) is 10.1 Å². The van der Waals surface area contributed by atoms with E-state index in [1.165, 1.54) is 0 Å². The first-order valence-electron chi connectivity index (χ1n) is 4.45. The molecule has 4 nitrogen and oxygen atoms in total. The second-order valence-corrected chi connectivity index (χ2v) is 3.10. The molecule has 2 N–H and O–H groups in total. The fourth-order valence-corrected chi connectivity index (χ4v) is 1.41. The maximum absolute atomic E-state index is 5.62. The molecule has 0 radical (unpaired) electrons. The molecule has 0 aliphatic carbocycles. The Bertz CT molecular complexity index is 428. The summed E-state index contributed by atoms with van der Waals surface area (Å²) in [4.78, 5) is 4.24. The fraction of sp³-hybridized carbons (Fsp3) is 0.200. The highest BCUT2D eigenvalue weighted by Crippen LogP contribution is 2.18. The van der Waals surface area contributed by atoms with Crippen molar-refractivity contribution in [1.82, 2.24) is 14.8 Å². The molecule has 0 unspecified atom stereocenters. The van der Waals surface area contributed by atoms with E-state index in [9.17, 15) is 0 Å². The van der Waals surface area contributed by atoms with Crippen molar-refractivity contribution in [3.63, 3.8) is 0 Å². The van der Waals surface area contributed by atoms with Crippen LogP contribution in [0.4, 0.5) is 0 Å². The van der Waals surface area contributed by atoms with Crippen molar-refractivity contribution in [2.45, 2.75) is 6.54 Å². The van der Waals surface area contributed by atoms with Crippen molar-refractivity contribution >= 4 is 24.8 Å². The van der Waals surface area contributed by atoms with Gasteiger partial charge in [-0.3, -0.25) is 9.67 Å². The Labute approximate surface area is 107 Å². The Kier molecular flexibility index (Phi) is 6.03. The first-order chi connectivity index (χ1) is 6.81. The van der Waals surface area contributed by atoms with Gasteiger partial charge in [0.05, 0.1) is 5.69 Å². The van der Waals surface area contributed by atoms with Crippen LogP contribution < -0.4 is 5.73 Å². The molecule has 0 fully saturated rings. The average Bonchev–Trinajstić information content (AvgIpc) is 2.61. The molecule has 0 aromatic carbocycles. The van der Waals surface area contributed by atoms with Crippen molar-refractivity contribution in [3.8, 4) is 11.4 Å². The quantitative estimate of drug-likeness (QED) is 0.896. The van der Waals surface area contributed by atoms with Crippen LogP contribution in [0.1, 0.15) is 5.56 Å². The number of hydrogen-bond acceptors (Lipinski definition) is 3. The summed E-state index contributed by atoms with van der Waals surface area (Å²) in [6.45, 7) is 0.486. The molecule has 16 heavy (non-hydrogen) atoms. The Morgan fingerprint density at radius 2 is 2.06 bits per heavy atom. The molecule has 0 saturated carbocycles. The summed E-state index contributed by atoms with van der Waals surface area (Å²) < 4.78 is 1.76. The van der Waals surface area contributed by atoms with Gasteiger partial charge in [0.25, 0.3) is 0 Å². The fourth-order valence-electron chi connectivity index (χ4n) is 1.41. The predicted molar refractivity (Wildman–Crippen MR) is 68.8 cm³/mol. The highest BCUT2D eigenvalue weighted by atomic mass is 35.5. The zero-order valence-electron chi connectivity index (χ0n) is 8.83. The summed E-state index contributed by atoms with van der Waals surface area (Å²) >= 11 is 0. The number of pyridine rings is 1. The summed E-state index contributed by atoms with van der Waals surface area (Å²) in [5.74, 6) is 0. The molecule has 6 heteroatoms. The monoisotopic (exact) mass is 260 g/mol. The minimum absolute atomic E-state index is 0. The molecule has 2 aromatic rings. The highest BCUT2D eigenvalue weighted by molar-refractivity contribution is 5.85. The number of rotatable bonds is 2. The third-order valence-corrected chi connectivity index (χ3v) is 2.03. The molecule has 0 bridgehead atoms. The summed E-state index contributed by atoms with van der Waals surface area (Å²) in [7, 11) is 1.88. The van der Waals surface area contributed by atoms with Gasteiger partial charge in [-0.05, 0) is 12.1 Å². The van der Waals surface area contributed by atoms with Crippen LogP contribution in [0.5, 0.6) is 0 Å². The van der Waals surface area contributed by atoms with Crippen LogP contribution in [-0.2, 0) is 13.6 Å². The first kappa shape index (κ1) is 14.9. The molecule has 2 rings (SSSR count). The van der Waals surface area contributed by atoms with Crippen molar-refractivity contribution in [2.24, 2.45) is 12.8 Å². The lowest BCUT2D eigenvalue weighted by atomic mass is 10.2. The van der Waals surface area contributed by atoms with Gasteiger partial charge < -0.3 is 5.73 Å². The molecule has 0 saturated heterocycles. The number of aryl methyl sites for hydroxylation is 1. The minimum Gasteiger partial charge on any atom is -0.326 e. The summed E-state index contributed by atoms with van der Waals surface area (Å²) in [5.41, 5.74) is 8.38. The van der Waals surface area contributed by atoms with Gasteiger partial charge in [-0.25, -0.2) is 0 Å². The molecular weight excluding hydrogens is 247 g/mol. The SMILES string of the molecule is Cl.Cl.Cn1cc(CN)c(-c2ccccn2)n1. The predicted octanol–water partition coefficient (Wildman–Crippen LogP) is 1.78. The van der Waals surface area contributed by atoms with E-state index < -0.39 is 0 Å². The second-order valence-electron chi connectivity index (χ2n) is 3.10. The molecule has 2 heterocycles. The van der Waals surface area contributed by atoms with E-state index in [4.69, 9.17) is 5.73 Å². The minimum atomic E-state index is 0. The van der Waals surface area contributed by atoms with Gasteiger partial charge in [0.1, 0.15) is 5.69 Å². The van der Waals surface area contributed by atoms with Crippen LogP contribution in [0.2, 0.25) is 0 Å². The van der Waals surface area contributed by atoms with Crippen molar-refractivity contribution in [2.75, 3.05) is 0 Å². The third-order valence-electron chi connectivity index (χ3n) is 2.03. The smallest absolute Gasteiger partial charge is 0.115 e. The zero-order chi connectivity index (χ0) is 9.97. The van der Waals surface area contributed by atoms with E-state index in [-0.39, 0.29) is 24.8 Å². The molecule has 0 spiro atoms. The summed E-state index contributed by atoms with van der Waals surface area (Å²) in [6.07, 6.45) is 3.67. The van der Waals surface area contributed by atoms with Crippen molar-refractivity contribution < 1.29 is 0 Å². The molecular formula is C10H14Cl2N4. The summed E-state index contributed by atoms with van der Waals surface area (Å²) in [5, 5.41) is 4.33. The number of halogens is 2. The number of nitrogens with zero attached hydrogens (tertiary/aromatic N) is 3. The Hall–Kier alpha value is -1.10. The van der Waals surface area contributed by atoms with E-state index >= 15 is 0 Å². The lowest BCUT2D eigenvalue weighted by Gasteiger charge is -1.97. The molecule has 0 amide bonds. The maximum Gasteiger partial charge on any atom is 0.115 e.